The van der Waals surface area contributed by atoms with Crippen molar-refractivity contribution in [3.8, 4) is 23.3 Å². The van der Waals surface area contributed by atoms with Crippen LogP contribution in [-0.4, -0.2) is 26.2 Å². The lowest BCUT2D eigenvalue weighted by atomic mass is 10.1. The summed E-state index contributed by atoms with van der Waals surface area (Å²) in [6, 6.07) is 10.7. The van der Waals surface area contributed by atoms with Crippen LogP contribution in [0, 0.1) is 18.8 Å². The number of hydrogen-bond acceptors (Lipinski definition) is 5. The van der Waals surface area contributed by atoms with E-state index in [-0.39, 0.29) is 11.3 Å². The number of ether oxygens (including phenoxy) is 3. The van der Waals surface area contributed by atoms with Gasteiger partial charge in [0.1, 0.15) is 17.1 Å². The zero-order chi connectivity index (χ0) is 18.4. The molecule has 0 N–H and O–H groups in total. The van der Waals surface area contributed by atoms with Gasteiger partial charge in [-0.05, 0) is 25.1 Å². The molecule has 128 valence electrons. The molecular weight excluding hydrogens is 320 g/mol. The molecule has 0 aromatic heterocycles. The standard InChI is InChI=1S/C20H18O5/c1-13-5-7-15(8-6-13)9-10-16-11-17(20(22)24-4)19(25-14(2)21)12-18(16)23-3/h5-8,11-12H,1-4H3. The van der Waals surface area contributed by atoms with Crippen LogP contribution in [0.25, 0.3) is 0 Å². The smallest absolute Gasteiger partial charge is 0.341 e. The summed E-state index contributed by atoms with van der Waals surface area (Å²) in [4.78, 5) is 23.2. The van der Waals surface area contributed by atoms with Crippen LogP contribution in [0.15, 0.2) is 36.4 Å². The van der Waals surface area contributed by atoms with Crippen LogP contribution in [-0.2, 0) is 9.53 Å². The van der Waals surface area contributed by atoms with Crippen LogP contribution in [0.2, 0.25) is 0 Å². The average molecular weight is 338 g/mol. The SMILES string of the molecule is COC(=O)c1cc(C#Cc2ccc(C)cc2)c(OC)cc1OC(C)=O. The number of aryl methyl sites for hydroxylation is 1. The van der Waals surface area contributed by atoms with Crippen LogP contribution in [0.4, 0.5) is 0 Å². The second-order valence-electron chi connectivity index (χ2n) is 5.25. The summed E-state index contributed by atoms with van der Waals surface area (Å²) < 4.78 is 15.1. The number of rotatable bonds is 3. The summed E-state index contributed by atoms with van der Waals surface area (Å²) in [5.74, 6) is 5.28. The number of methoxy groups -OCH3 is 2. The highest BCUT2D eigenvalue weighted by Gasteiger charge is 2.18. The minimum atomic E-state index is -0.628. The van der Waals surface area contributed by atoms with E-state index in [9.17, 15) is 9.59 Å². The Kier molecular flexibility index (Phi) is 5.80. The first kappa shape index (κ1) is 18.1. The molecule has 0 bridgehead atoms. The fourth-order valence-corrected chi connectivity index (χ4v) is 2.11. The third-order valence-electron chi connectivity index (χ3n) is 3.35. The normalized spacial score (nSPS) is 9.60. The lowest BCUT2D eigenvalue weighted by Crippen LogP contribution is -2.10. The fourth-order valence-electron chi connectivity index (χ4n) is 2.11. The first-order valence-electron chi connectivity index (χ1n) is 7.52. The van der Waals surface area contributed by atoms with Crippen LogP contribution >= 0.6 is 0 Å². The van der Waals surface area contributed by atoms with Gasteiger partial charge in [-0.25, -0.2) is 4.79 Å². The second kappa shape index (κ2) is 8.02. The molecule has 0 radical (unpaired) electrons. The Balaban J connectivity index is 2.51. The largest absolute Gasteiger partial charge is 0.495 e. The summed E-state index contributed by atoms with van der Waals surface area (Å²) in [5.41, 5.74) is 2.56. The predicted molar refractivity (Wildman–Crippen MR) is 92.8 cm³/mol. The lowest BCUT2D eigenvalue weighted by Gasteiger charge is -2.11. The molecule has 0 fully saturated rings. The summed E-state index contributed by atoms with van der Waals surface area (Å²) in [6.45, 7) is 3.25. The van der Waals surface area contributed by atoms with E-state index in [0.29, 0.717) is 11.3 Å². The molecule has 0 atom stereocenters. The van der Waals surface area contributed by atoms with Crippen molar-refractivity contribution in [2.45, 2.75) is 13.8 Å². The van der Waals surface area contributed by atoms with Gasteiger partial charge in [-0.2, -0.15) is 0 Å². The molecule has 25 heavy (non-hydrogen) atoms. The second-order valence-corrected chi connectivity index (χ2v) is 5.25. The molecule has 0 unspecified atom stereocenters. The molecule has 0 heterocycles. The number of carbonyl (C=O) groups excluding carboxylic acids is 2. The Labute approximate surface area is 146 Å². The van der Waals surface area contributed by atoms with E-state index < -0.39 is 11.9 Å². The van der Waals surface area contributed by atoms with E-state index in [2.05, 4.69) is 11.8 Å². The topological polar surface area (TPSA) is 61.8 Å². The number of benzene rings is 2. The lowest BCUT2D eigenvalue weighted by molar-refractivity contribution is -0.131. The molecule has 0 amide bonds. The van der Waals surface area contributed by atoms with Crippen molar-refractivity contribution in [2.24, 2.45) is 0 Å². The molecule has 2 aromatic rings. The molecular formula is C20H18O5. The highest BCUT2D eigenvalue weighted by atomic mass is 16.5. The van der Waals surface area contributed by atoms with Gasteiger partial charge in [0.2, 0.25) is 0 Å². The summed E-state index contributed by atoms with van der Waals surface area (Å²) in [6.07, 6.45) is 0. The monoisotopic (exact) mass is 338 g/mol. The van der Waals surface area contributed by atoms with Crippen molar-refractivity contribution in [2.75, 3.05) is 14.2 Å². The molecule has 0 aliphatic carbocycles. The molecule has 0 saturated carbocycles. The van der Waals surface area contributed by atoms with Crippen molar-refractivity contribution in [3.63, 3.8) is 0 Å². The van der Waals surface area contributed by atoms with Gasteiger partial charge in [0.15, 0.2) is 0 Å². The van der Waals surface area contributed by atoms with Crippen LogP contribution in [0.1, 0.15) is 34.0 Å². The van der Waals surface area contributed by atoms with Gasteiger partial charge in [-0.3, -0.25) is 4.79 Å². The van der Waals surface area contributed by atoms with Gasteiger partial charge >= 0.3 is 11.9 Å². The molecule has 0 spiro atoms. The third kappa shape index (κ3) is 4.61. The molecule has 5 heteroatoms. The van der Waals surface area contributed by atoms with Gasteiger partial charge in [0.05, 0.1) is 19.8 Å². The van der Waals surface area contributed by atoms with E-state index in [0.717, 1.165) is 11.1 Å². The van der Waals surface area contributed by atoms with Crippen molar-refractivity contribution >= 4 is 11.9 Å². The van der Waals surface area contributed by atoms with Gasteiger partial charge in [0, 0.05) is 18.6 Å². The Morgan fingerprint density at radius 2 is 1.64 bits per heavy atom. The van der Waals surface area contributed by atoms with Crippen molar-refractivity contribution in [1.29, 1.82) is 0 Å². The first-order valence-corrected chi connectivity index (χ1v) is 7.52. The number of carbonyl (C=O) groups is 2. The fraction of sp³-hybridized carbons (Fsp3) is 0.200. The van der Waals surface area contributed by atoms with E-state index in [1.54, 1.807) is 0 Å². The van der Waals surface area contributed by atoms with Crippen molar-refractivity contribution in [3.05, 3.63) is 58.7 Å². The van der Waals surface area contributed by atoms with E-state index in [1.807, 2.05) is 31.2 Å². The van der Waals surface area contributed by atoms with Crippen LogP contribution in [0.3, 0.4) is 0 Å². The molecule has 5 nitrogen and oxygen atoms in total. The Hall–Kier alpha value is -3.26. The highest BCUT2D eigenvalue weighted by molar-refractivity contribution is 5.94. The zero-order valence-corrected chi connectivity index (χ0v) is 14.5. The minimum Gasteiger partial charge on any atom is -0.495 e. The maximum Gasteiger partial charge on any atom is 0.341 e. The molecule has 2 aromatic carbocycles. The molecule has 0 aliphatic heterocycles. The van der Waals surface area contributed by atoms with Gasteiger partial charge in [-0.1, -0.05) is 29.5 Å². The summed E-state index contributed by atoms with van der Waals surface area (Å²) in [7, 11) is 2.73. The Bertz CT molecular complexity index is 854. The van der Waals surface area contributed by atoms with Gasteiger partial charge in [-0.15, -0.1) is 0 Å². The number of hydrogen-bond donors (Lipinski definition) is 0. The third-order valence-corrected chi connectivity index (χ3v) is 3.35. The van der Waals surface area contributed by atoms with E-state index >= 15 is 0 Å². The van der Waals surface area contributed by atoms with Crippen molar-refractivity contribution in [1.82, 2.24) is 0 Å². The van der Waals surface area contributed by atoms with Gasteiger partial charge in [0.25, 0.3) is 0 Å². The highest BCUT2D eigenvalue weighted by Crippen LogP contribution is 2.29. The van der Waals surface area contributed by atoms with Gasteiger partial charge < -0.3 is 14.2 Å². The van der Waals surface area contributed by atoms with Crippen molar-refractivity contribution < 1.29 is 23.8 Å². The average Bonchev–Trinajstić information content (AvgIpc) is 2.60. The predicted octanol–water partition coefficient (Wildman–Crippen LogP) is 3.12. The number of esters is 2. The molecule has 2 rings (SSSR count). The first-order chi connectivity index (χ1) is 11.9. The maximum atomic E-state index is 12.0. The summed E-state index contributed by atoms with van der Waals surface area (Å²) in [5, 5.41) is 0. The van der Waals surface area contributed by atoms with E-state index in [1.165, 1.54) is 33.3 Å². The Morgan fingerprint density at radius 3 is 2.20 bits per heavy atom. The zero-order valence-electron chi connectivity index (χ0n) is 14.5. The van der Waals surface area contributed by atoms with E-state index in [4.69, 9.17) is 14.2 Å². The van der Waals surface area contributed by atoms with Crippen LogP contribution < -0.4 is 9.47 Å². The molecule has 0 aliphatic rings. The minimum absolute atomic E-state index is 0.0667. The van der Waals surface area contributed by atoms with Crippen LogP contribution in [0.5, 0.6) is 11.5 Å². The maximum absolute atomic E-state index is 12.0. The molecule has 0 saturated heterocycles. The quantitative estimate of drug-likeness (QED) is 0.489. The summed E-state index contributed by atoms with van der Waals surface area (Å²) >= 11 is 0. The Morgan fingerprint density at radius 1 is 0.960 bits per heavy atom.